The van der Waals surface area contributed by atoms with Crippen LogP contribution in [0.25, 0.3) is 11.0 Å². The summed E-state index contributed by atoms with van der Waals surface area (Å²) in [5, 5.41) is 69.8. The van der Waals surface area contributed by atoms with Gasteiger partial charge in [-0.2, -0.15) is 12.8 Å². The van der Waals surface area contributed by atoms with Crippen LogP contribution in [0.3, 0.4) is 0 Å². The predicted octanol–water partition coefficient (Wildman–Crippen LogP) is -3.54. The normalized spacial score (nSPS) is 34.6. The second-order valence-corrected chi connectivity index (χ2v) is 10.8. The molecule has 2 aliphatic rings. The monoisotopic (exact) mass is 616 g/mol. The van der Waals surface area contributed by atoms with Gasteiger partial charge >= 0.3 is 5.63 Å². The van der Waals surface area contributed by atoms with Crippen molar-refractivity contribution in [1.82, 2.24) is 0 Å². The van der Waals surface area contributed by atoms with Crippen molar-refractivity contribution in [3.8, 4) is 5.75 Å². The number of hydrogen-bond acceptors (Lipinski definition) is 15. The van der Waals surface area contributed by atoms with E-state index in [0.717, 1.165) is 0 Å². The van der Waals surface area contributed by atoms with Crippen molar-refractivity contribution in [2.45, 2.75) is 67.2 Å². The molecule has 0 amide bonds. The molecule has 0 aliphatic carbocycles. The quantitative estimate of drug-likeness (QED) is 0.105. The number of benzene rings is 1. The molecule has 1 aromatic heterocycles. The lowest BCUT2D eigenvalue weighted by Gasteiger charge is -2.45. The summed E-state index contributed by atoms with van der Waals surface area (Å²) < 4.78 is 87.5. The summed E-state index contributed by atoms with van der Waals surface area (Å²) in [6.07, 6.45) is -18.4. The Morgan fingerprint density at radius 3 is 2.07 bits per heavy atom. The van der Waals surface area contributed by atoms with Crippen molar-refractivity contribution in [2.24, 2.45) is 0 Å². The summed E-state index contributed by atoms with van der Waals surface area (Å²) in [7, 11) is -4.73. The molecule has 19 heteroatoms. The lowest BCUT2D eigenvalue weighted by Crippen LogP contribution is -2.65. The van der Waals surface area contributed by atoms with E-state index in [1.807, 2.05) is 0 Å². The summed E-state index contributed by atoms with van der Waals surface area (Å²) in [5.74, 6) is -5.67. The molecule has 4 unspecified atom stereocenters. The summed E-state index contributed by atoms with van der Waals surface area (Å²) in [4.78, 5) is 11.9. The third-order valence-electron chi connectivity index (χ3n) is 6.50. The highest BCUT2D eigenvalue weighted by atomic mass is 32.2. The number of rotatable bonds is 8. The van der Waals surface area contributed by atoms with Crippen LogP contribution in [0.1, 0.15) is 5.56 Å². The van der Waals surface area contributed by atoms with E-state index in [1.54, 1.807) is 0 Å². The molecule has 230 valence electrons. The third-order valence-corrected chi connectivity index (χ3v) is 7.18. The number of aliphatic hydroxyl groups excluding tert-OH is 7. The van der Waals surface area contributed by atoms with Gasteiger partial charge in [0.25, 0.3) is 10.1 Å². The minimum atomic E-state index is -4.73. The molecule has 2 fully saturated rings. The van der Waals surface area contributed by atoms with Crippen LogP contribution in [0, 0.1) is 11.6 Å². The van der Waals surface area contributed by atoms with Crippen molar-refractivity contribution < 1.29 is 80.9 Å². The van der Waals surface area contributed by atoms with Crippen LogP contribution >= 0.6 is 0 Å². The molecular formula is C22H26F2O16S. The first kappa shape index (κ1) is 31.5. The molecule has 0 bridgehead atoms. The minimum Gasteiger partial charge on any atom is -0.456 e. The minimum absolute atomic E-state index is 0.499. The maximum atomic E-state index is 15.3. The fraction of sp³-hybridized carbons (Fsp3) is 0.591. The number of aliphatic hydroxyl groups is 7. The van der Waals surface area contributed by atoms with Crippen LogP contribution in [-0.2, 0) is 30.1 Å². The summed E-state index contributed by atoms with van der Waals surface area (Å²) in [6, 6.07) is 1.12. The SMILES string of the molecule is O=c1cc(CS(=O)(=O)O)c2cc(F)c(O[C@@H]3OC(CO)[C@@H](O[C@@H]4OC(CO)[C@@H](O)[C@@H](O)C4O)[C@@H](O)C3O)c(F)c2o1. The van der Waals surface area contributed by atoms with E-state index < -0.39 is 130 Å². The van der Waals surface area contributed by atoms with Gasteiger partial charge in [-0.15, -0.1) is 0 Å². The van der Waals surface area contributed by atoms with E-state index in [1.165, 1.54) is 0 Å². The first-order valence-electron chi connectivity index (χ1n) is 11.8. The largest absolute Gasteiger partial charge is 0.456 e. The van der Waals surface area contributed by atoms with Crippen molar-refractivity contribution in [1.29, 1.82) is 0 Å². The Morgan fingerprint density at radius 2 is 1.46 bits per heavy atom. The van der Waals surface area contributed by atoms with Crippen molar-refractivity contribution in [2.75, 3.05) is 13.2 Å². The van der Waals surface area contributed by atoms with Gasteiger partial charge < -0.3 is 59.1 Å². The molecule has 0 radical (unpaired) electrons. The van der Waals surface area contributed by atoms with Crippen LogP contribution in [0.4, 0.5) is 8.78 Å². The molecule has 41 heavy (non-hydrogen) atoms. The van der Waals surface area contributed by atoms with Gasteiger partial charge in [-0.05, 0) is 11.6 Å². The standard InChI is InChI=1S/C22H26F2O16S/c23-8-2-7-6(5-41(33,34)35)1-11(27)38-18(7)12(24)19(8)39-22-17(32)15(30)20(10(4-26)37-22)40-21-16(31)14(29)13(28)9(3-25)36-21/h1-2,9-10,13-17,20-22,25-26,28-32H,3-5H2,(H,33,34,35)/t9?,10?,13-,14-,15+,16?,17?,20-,21+,22+/m1/s1. The third kappa shape index (κ3) is 6.35. The van der Waals surface area contributed by atoms with Crippen molar-refractivity contribution in [3.63, 3.8) is 0 Å². The molecule has 2 aliphatic heterocycles. The molecule has 16 nitrogen and oxygen atoms in total. The highest BCUT2D eigenvalue weighted by molar-refractivity contribution is 7.85. The molecule has 4 rings (SSSR count). The van der Waals surface area contributed by atoms with Gasteiger partial charge in [0.1, 0.15) is 54.6 Å². The van der Waals surface area contributed by atoms with Crippen LogP contribution in [-0.4, -0.2) is 123 Å². The summed E-state index contributed by atoms with van der Waals surface area (Å²) >= 11 is 0. The van der Waals surface area contributed by atoms with Gasteiger partial charge in [-0.3, -0.25) is 4.55 Å². The number of ether oxygens (including phenoxy) is 4. The van der Waals surface area contributed by atoms with E-state index in [-0.39, 0.29) is 0 Å². The highest BCUT2D eigenvalue weighted by Crippen LogP contribution is 2.35. The molecule has 1 aromatic carbocycles. The molecule has 0 spiro atoms. The number of fused-ring (bicyclic) bond motifs is 1. The zero-order valence-corrected chi connectivity index (χ0v) is 21.4. The second kappa shape index (κ2) is 12.1. The van der Waals surface area contributed by atoms with E-state index in [0.29, 0.717) is 12.1 Å². The van der Waals surface area contributed by atoms with Gasteiger partial charge in [0, 0.05) is 11.5 Å². The average Bonchev–Trinajstić information content (AvgIpc) is 2.90. The Morgan fingerprint density at radius 1 is 0.854 bits per heavy atom. The molecule has 10 atom stereocenters. The molecule has 2 saturated heterocycles. The fourth-order valence-corrected chi connectivity index (χ4v) is 5.10. The van der Waals surface area contributed by atoms with E-state index >= 15 is 4.39 Å². The van der Waals surface area contributed by atoms with E-state index in [4.69, 9.17) is 27.9 Å². The Kier molecular flexibility index (Phi) is 9.28. The molecule has 0 saturated carbocycles. The predicted molar refractivity (Wildman–Crippen MR) is 125 cm³/mol. The van der Waals surface area contributed by atoms with E-state index in [2.05, 4.69) is 0 Å². The van der Waals surface area contributed by atoms with Gasteiger partial charge in [-0.1, -0.05) is 0 Å². The first-order valence-corrected chi connectivity index (χ1v) is 13.4. The van der Waals surface area contributed by atoms with Crippen LogP contribution in [0.15, 0.2) is 21.3 Å². The van der Waals surface area contributed by atoms with Gasteiger partial charge in [0.05, 0.1) is 13.2 Å². The maximum absolute atomic E-state index is 15.3. The van der Waals surface area contributed by atoms with Gasteiger partial charge in [0.2, 0.25) is 12.1 Å². The topological polar surface area (TPSA) is 263 Å². The Bertz CT molecular complexity index is 1410. The molecular weight excluding hydrogens is 590 g/mol. The maximum Gasteiger partial charge on any atom is 0.336 e. The molecule has 2 aromatic rings. The van der Waals surface area contributed by atoms with Crippen molar-refractivity contribution >= 4 is 21.1 Å². The van der Waals surface area contributed by atoms with Crippen LogP contribution in [0.2, 0.25) is 0 Å². The Balaban J connectivity index is 1.60. The number of hydrogen-bond donors (Lipinski definition) is 8. The second-order valence-electron chi connectivity index (χ2n) is 9.32. The Hall–Kier alpha value is -2.40. The van der Waals surface area contributed by atoms with Gasteiger partial charge in [0.15, 0.2) is 23.4 Å². The zero-order chi connectivity index (χ0) is 30.4. The lowest BCUT2D eigenvalue weighted by molar-refractivity contribution is -0.352. The molecule has 8 N–H and O–H groups in total. The molecule has 3 heterocycles. The highest BCUT2D eigenvalue weighted by Gasteiger charge is 2.51. The van der Waals surface area contributed by atoms with Crippen LogP contribution in [0.5, 0.6) is 5.75 Å². The summed E-state index contributed by atoms with van der Waals surface area (Å²) in [6.45, 7) is -1.78. The Labute approximate surface area is 228 Å². The van der Waals surface area contributed by atoms with Crippen molar-refractivity contribution in [3.05, 3.63) is 39.8 Å². The first-order chi connectivity index (χ1) is 19.2. The van der Waals surface area contributed by atoms with E-state index in [9.17, 15) is 53.3 Å². The lowest BCUT2D eigenvalue weighted by atomic mass is 9.97. The van der Waals surface area contributed by atoms with Gasteiger partial charge in [-0.25, -0.2) is 9.18 Å². The zero-order valence-electron chi connectivity index (χ0n) is 20.6. The van der Waals surface area contributed by atoms with Crippen LogP contribution < -0.4 is 10.4 Å². The number of halogens is 2. The average molecular weight is 616 g/mol. The fourth-order valence-electron chi connectivity index (χ4n) is 4.47. The summed E-state index contributed by atoms with van der Waals surface area (Å²) in [5.41, 5.74) is -2.73. The smallest absolute Gasteiger partial charge is 0.336 e.